The Morgan fingerprint density at radius 2 is 2.33 bits per heavy atom. The minimum Gasteiger partial charge on any atom is -0.394 e. The van der Waals surface area contributed by atoms with Gasteiger partial charge >= 0.3 is 0 Å². The molecule has 88 valence electrons. The Labute approximate surface area is 91.2 Å². The molecule has 0 heterocycles. The molecule has 0 aromatic carbocycles. The third-order valence-electron chi connectivity index (χ3n) is 3.36. The van der Waals surface area contributed by atoms with Gasteiger partial charge in [-0.2, -0.15) is 0 Å². The van der Waals surface area contributed by atoms with Crippen molar-refractivity contribution in [2.75, 3.05) is 13.2 Å². The second-order valence-corrected chi connectivity index (χ2v) is 4.33. The molecule has 0 spiro atoms. The molecule has 1 aliphatic carbocycles. The lowest BCUT2D eigenvalue weighted by atomic mass is 9.95. The summed E-state index contributed by atoms with van der Waals surface area (Å²) in [5.41, 5.74) is 5.63. The lowest BCUT2D eigenvalue weighted by Gasteiger charge is -2.21. The third kappa shape index (κ3) is 3.18. The number of nitrogens with one attached hydrogen (secondary N) is 1. The van der Waals surface area contributed by atoms with Gasteiger partial charge in [0.05, 0.1) is 12.6 Å². The van der Waals surface area contributed by atoms with Crippen molar-refractivity contribution in [1.29, 1.82) is 0 Å². The van der Waals surface area contributed by atoms with Crippen LogP contribution >= 0.6 is 0 Å². The molecule has 3 atom stereocenters. The molecule has 1 saturated carbocycles. The number of amides is 1. The molecule has 0 aromatic heterocycles. The average molecular weight is 214 g/mol. The highest BCUT2D eigenvalue weighted by molar-refractivity contribution is 5.79. The summed E-state index contributed by atoms with van der Waals surface area (Å²) in [6.45, 7) is 2.56. The van der Waals surface area contributed by atoms with Crippen LogP contribution in [0, 0.1) is 11.8 Å². The number of hydrogen-bond donors (Lipinski definition) is 3. The molecular weight excluding hydrogens is 192 g/mol. The number of carbonyl (C=O) groups is 1. The van der Waals surface area contributed by atoms with Crippen LogP contribution in [0.2, 0.25) is 0 Å². The minimum absolute atomic E-state index is 0.0161. The van der Waals surface area contributed by atoms with Gasteiger partial charge < -0.3 is 16.2 Å². The van der Waals surface area contributed by atoms with E-state index in [-0.39, 0.29) is 24.5 Å². The van der Waals surface area contributed by atoms with E-state index in [2.05, 4.69) is 5.32 Å². The van der Waals surface area contributed by atoms with Crippen molar-refractivity contribution in [3.05, 3.63) is 0 Å². The Morgan fingerprint density at radius 1 is 1.60 bits per heavy atom. The number of nitrogens with two attached hydrogens (primary N) is 1. The molecule has 4 heteroatoms. The van der Waals surface area contributed by atoms with Gasteiger partial charge in [0.25, 0.3) is 0 Å². The lowest BCUT2D eigenvalue weighted by Crippen LogP contribution is -2.42. The number of aliphatic hydroxyl groups is 1. The van der Waals surface area contributed by atoms with Gasteiger partial charge in [0.15, 0.2) is 0 Å². The zero-order chi connectivity index (χ0) is 11.3. The maximum absolute atomic E-state index is 11.9. The van der Waals surface area contributed by atoms with Crippen molar-refractivity contribution in [1.82, 2.24) is 5.32 Å². The Balaban J connectivity index is 2.45. The van der Waals surface area contributed by atoms with Crippen molar-refractivity contribution in [3.8, 4) is 0 Å². The Kier molecular flexibility index (Phi) is 5.05. The summed E-state index contributed by atoms with van der Waals surface area (Å²) in [5.74, 6) is 0.473. The molecule has 1 amide bonds. The van der Waals surface area contributed by atoms with Gasteiger partial charge in [0, 0.05) is 5.92 Å². The topological polar surface area (TPSA) is 75.3 Å². The predicted octanol–water partition coefficient (Wildman–Crippen LogP) is 0.249. The van der Waals surface area contributed by atoms with Gasteiger partial charge in [-0.1, -0.05) is 13.3 Å². The van der Waals surface area contributed by atoms with E-state index in [1.54, 1.807) is 0 Å². The summed E-state index contributed by atoms with van der Waals surface area (Å²) in [6.07, 6.45) is 3.86. The normalized spacial score (nSPS) is 27.7. The van der Waals surface area contributed by atoms with Crippen molar-refractivity contribution in [2.24, 2.45) is 17.6 Å². The van der Waals surface area contributed by atoms with Gasteiger partial charge in [-0.05, 0) is 31.7 Å². The molecule has 4 nitrogen and oxygen atoms in total. The standard InChI is InChI=1S/C11H22N2O2/c1-2-9(7-14)13-11(15)10-5-3-4-8(10)6-12/h8-10,14H,2-7,12H2,1H3,(H,13,15)/t8?,9-,10?/m1/s1. The highest BCUT2D eigenvalue weighted by Crippen LogP contribution is 2.31. The quantitative estimate of drug-likeness (QED) is 0.614. The van der Waals surface area contributed by atoms with Crippen LogP contribution in [0.25, 0.3) is 0 Å². The molecule has 15 heavy (non-hydrogen) atoms. The van der Waals surface area contributed by atoms with Gasteiger partial charge in [-0.25, -0.2) is 0 Å². The maximum Gasteiger partial charge on any atom is 0.223 e. The van der Waals surface area contributed by atoms with Crippen molar-refractivity contribution in [2.45, 2.75) is 38.6 Å². The van der Waals surface area contributed by atoms with E-state index in [1.807, 2.05) is 6.92 Å². The van der Waals surface area contributed by atoms with Gasteiger partial charge in [0.2, 0.25) is 5.91 Å². The molecule has 1 fully saturated rings. The van der Waals surface area contributed by atoms with Crippen LogP contribution in [0.1, 0.15) is 32.6 Å². The van der Waals surface area contributed by atoms with E-state index in [9.17, 15) is 4.79 Å². The molecule has 1 rings (SSSR count). The molecule has 0 aliphatic heterocycles. The Bertz CT molecular complexity index is 205. The lowest BCUT2D eigenvalue weighted by molar-refractivity contribution is -0.127. The van der Waals surface area contributed by atoms with Crippen LogP contribution in [-0.2, 0) is 4.79 Å². The highest BCUT2D eigenvalue weighted by Gasteiger charge is 2.32. The molecule has 0 saturated heterocycles. The van der Waals surface area contributed by atoms with Crippen LogP contribution in [0.5, 0.6) is 0 Å². The number of hydrogen-bond acceptors (Lipinski definition) is 3. The summed E-state index contributed by atoms with van der Waals surface area (Å²) < 4.78 is 0. The zero-order valence-electron chi connectivity index (χ0n) is 9.41. The van der Waals surface area contributed by atoms with Gasteiger partial charge in [-0.3, -0.25) is 4.79 Å². The number of aliphatic hydroxyl groups excluding tert-OH is 1. The molecule has 0 bridgehead atoms. The smallest absolute Gasteiger partial charge is 0.223 e. The average Bonchev–Trinajstić information content (AvgIpc) is 2.73. The summed E-state index contributed by atoms with van der Waals surface area (Å²) in [7, 11) is 0. The summed E-state index contributed by atoms with van der Waals surface area (Å²) in [5, 5.41) is 11.9. The van der Waals surface area contributed by atoms with Gasteiger partial charge in [0.1, 0.15) is 0 Å². The fourth-order valence-corrected chi connectivity index (χ4v) is 2.25. The Hall–Kier alpha value is -0.610. The predicted molar refractivity (Wildman–Crippen MR) is 59.2 cm³/mol. The van der Waals surface area contributed by atoms with Crippen LogP contribution in [0.15, 0.2) is 0 Å². The Morgan fingerprint density at radius 3 is 2.87 bits per heavy atom. The first-order valence-electron chi connectivity index (χ1n) is 5.84. The molecule has 4 N–H and O–H groups in total. The molecule has 0 aromatic rings. The first-order valence-corrected chi connectivity index (χ1v) is 5.84. The summed E-state index contributed by atoms with van der Waals surface area (Å²) >= 11 is 0. The first-order chi connectivity index (χ1) is 7.22. The summed E-state index contributed by atoms with van der Waals surface area (Å²) in [6, 6.07) is -0.100. The number of carbonyl (C=O) groups excluding carboxylic acids is 1. The molecule has 1 aliphatic rings. The molecule has 0 radical (unpaired) electrons. The number of rotatable bonds is 5. The fourth-order valence-electron chi connectivity index (χ4n) is 2.25. The maximum atomic E-state index is 11.9. The second kappa shape index (κ2) is 6.08. The monoisotopic (exact) mass is 214 g/mol. The fraction of sp³-hybridized carbons (Fsp3) is 0.909. The van der Waals surface area contributed by atoms with E-state index in [1.165, 1.54) is 0 Å². The van der Waals surface area contributed by atoms with Crippen LogP contribution in [0.4, 0.5) is 0 Å². The zero-order valence-corrected chi connectivity index (χ0v) is 9.41. The SMILES string of the molecule is CC[C@H](CO)NC(=O)C1CCCC1CN. The first kappa shape index (κ1) is 12.5. The van der Waals surface area contributed by atoms with E-state index in [0.29, 0.717) is 12.5 Å². The molecule has 2 unspecified atom stereocenters. The van der Waals surface area contributed by atoms with Crippen LogP contribution in [-0.4, -0.2) is 30.2 Å². The minimum atomic E-state index is -0.100. The van der Waals surface area contributed by atoms with Crippen LogP contribution < -0.4 is 11.1 Å². The summed E-state index contributed by atoms with van der Waals surface area (Å²) in [4.78, 5) is 11.9. The third-order valence-corrected chi connectivity index (χ3v) is 3.36. The van der Waals surface area contributed by atoms with E-state index in [4.69, 9.17) is 10.8 Å². The van der Waals surface area contributed by atoms with Crippen LogP contribution in [0.3, 0.4) is 0 Å². The highest BCUT2D eigenvalue weighted by atomic mass is 16.3. The van der Waals surface area contributed by atoms with E-state index >= 15 is 0 Å². The van der Waals surface area contributed by atoms with Gasteiger partial charge in [-0.15, -0.1) is 0 Å². The second-order valence-electron chi connectivity index (χ2n) is 4.33. The largest absolute Gasteiger partial charge is 0.394 e. The van der Waals surface area contributed by atoms with E-state index < -0.39 is 0 Å². The van der Waals surface area contributed by atoms with Crippen molar-refractivity contribution in [3.63, 3.8) is 0 Å². The van der Waals surface area contributed by atoms with E-state index in [0.717, 1.165) is 25.7 Å². The van der Waals surface area contributed by atoms with Crippen molar-refractivity contribution >= 4 is 5.91 Å². The van der Waals surface area contributed by atoms with Crippen molar-refractivity contribution < 1.29 is 9.90 Å². The molecular formula is C11H22N2O2.